The fourth-order valence-electron chi connectivity index (χ4n) is 1.92. The number of halogens is 2. The Hall–Kier alpha value is -2.09. The van der Waals surface area contributed by atoms with E-state index in [1.165, 1.54) is 32.0 Å². The smallest absolute Gasteiger partial charge is 0.220 e. The van der Waals surface area contributed by atoms with Crippen LogP contribution in [0.5, 0.6) is 11.8 Å². The van der Waals surface area contributed by atoms with E-state index in [-0.39, 0.29) is 5.69 Å². The highest BCUT2D eigenvalue weighted by molar-refractivity contribution is 7.99. The summed E-state index contributed by atoms with van der Waals surface area (Å²) in [5.74, 6) is -1.02. The average Bonchev–Trinajstić information content (AvgIpc) is 2.52. The summed E-state index contributed by atoms with van der Waals surface area (Å²) in [4.78, 5) is 8.47. The van der Waals surface area contributed by atoms with Crippen LogP contribution in [0.2, 0.25) is 0 Å². The highest BCUT2D eigenvalue weighted by Gasteiger charge is 2.22. The van der Waals surface area contributed by atoms with Crippen molar-refractivity contribution in [3.8, 4) is 11.8 Å². The number of methoxy groups -OCH3 is 2. The van der Waals surface area contributed by atoms with Crippen LogP contribution in [0, 0.1) is 11.6 Å². The molecule has 0 aliphatic heterocycles. The molecule has 2 rings (SSSR count). The first-order valence-electron chi connectivity index (χ1n) is 6.24. The number of thioether (sulfide) groups is 1. The van der Waals surface area contributed by atoms with Gasteiger partial charge in [0.15, 0.2) is 17.5 Å². The first-order chi connectivity index (χ1) is 10.5. The van der Waals surface area contributed by atoms with Crippen molar-refractivity contribution in [2.75, 3.05) is 26.2 Å². The molecule has 2 N–H and O–H groups in total. The molecule has 0 bridgehead atoms. The van der Waals surface area contributed by atoms with Gasteiger partial charge in [0.1, 0.15) is 0 Å². The lowest BCUT2D eigenvalue weighted by Crippen LogP contribution is -2.08. The molecule has 0 aliphatic rings. The maximum atomic E-state index is 13.5. The van der Waals surface area contributed by atoms with Crippen molar-refractivity contribution in [2.24, 2.45) is 0 Å². The minimum atomic E-state index is -0.995. The van der Waals surface area contributed by atoms with Crippen LogP contribution < -0.4 is 15.2 Å². The molecule has 1 atom stereocenters. The van der Waals surface area contributed by atoms with Crippen molar-refractivity contribution in [2.45, 2.75) is 5.25 Å². The Morgan fingerprint density at radius 1 is 1.05 bits per heavy atom. The summed E-state index contributed by atoms with van der Waals surface area (Å²) in [6, 6.07) is 3.53. The third-order valence-electron chi connectivity index (χ3n) is 2.99. The molecule has 1 aromatic heterocycles. The lowest BCUT2D eigenvalue weighted by Gasteiger charge is -2.17. The van der Waals surface area contributed by atoms with Gasteiger partial charge >= 0.3 is 0 Å². The van der Waals surface area contributed by atoms with Gasteiger partial charge in [-0.1, -0.05) is 0 Å². The molecule has 0 aliphatic carbocycles. The summed E-state index contributed by atoms with van der Waals surface area (Å²) in [7, 11) is 2.93. The number of aromatic nitrogens is 2. The fraction of sp³-hybridized carbons (Fsp3) is 0.286. The Labute approximate surface area is 130 Å². The van der Waals surface area contributed by atoms with Crippen LogP contribution in [0.1, 0.15) is 16.6 Å². The van der Waals surface area contributed by atoms with Crippen LogP contribution in [0.25, 0.3) is 0 Å². The van der Waals surface area contributed by atoms with E-state index in [1.807, 2.05) is 0 Å². The number of nitrogens with two attached hydrogens (primary N) is 1. The molecule has 1 heterocycles. The highest BCUT2D eigenvalue weighted by atomic mass is 32.2. The van der Waals surface area contributed by atoms with E-state index >= 15 is 0 Å². The first kappa shape index (κ1) is 16.3. The standard InChI is InChI=1S/C14H15F2N3O2S/c1-20-11-6-12(21-2)19-14(18-11)13(22-3)7-4-8(15)9(16)5-10(7)17/h4-6,13H,17H2,1-3H3. The predicted molar refractivity (Wildman–Crippen MR) is 81.3 cm³/mol. The van der Waals surface area contributed by atoms with Crippen LogP contribution >= 0.6 is 11.8 Å². The van der Waals surface area contributed by atoms with Gasteiger partial charge in [-0.15, -0.1) is 11.8 Å². The largest absolute Gasteiger partial charge is 0.481 e. The van der Waals surface area contributed by atoms with E-state index in [1.54, 1.807) is 6.26 Å². The number of benzene rings is 1. The molecule has 0 radical (unpaired) electrons. The topological polar surface area (TPSA) is 70.3 Å². The van der Waals surface area contributed by atoms with E-state index in [9.17, 15) is 8.78 Å². The quantitative estimate of drug-likeness (QED) is 0.852. The monoisotopic (exact) mass is 327 g/mol. The summed E-state index contributed by atoms with van der Waals surface area (Å²) in [6.07, 6.45) is 1.79. The number of nitrogen functional groups attached to an aromatic ring is 1. The molecule has 0 saturated carbocycles. The molecule has 22 heavy (non-hydrogen) atoms. The van der Waals surface area contributed by atoms with E-state index in [0.717, 1.165) is 12.1 Å². The summed E-state index contributed by atoms with van der Waals surface area (Å²) in [5, 5.41) is -0.487. The van der Waals surface area contributed by atoms with E-state index in [0.29, 0.717) is 23.1 Å². The van der Waals surface area contributed by atoms with Crippen molar-refractivity contribution < 1.29 is 18.3 Å². The van der Waals surface area contributed by atoms with Gasteiger partial charge in [-0.2, -0.15) is 9.97 Å². The zero-order valence-electron chi connectivity index (χ0n) is 12.3. The van der Waals surface area contributed by atoms with Gasteiger partial charge in [0.2, 0.25) is 11.8 Å². The Bertz CT molecular complexity index is 663. The third-order valence-corrected chi connectivity index (χ3v) is 3.93. The van der Waals surface area contributed by atoms with Gasteiger partial charge in [-0.05, 0) is 17.9 Å². The van der Waals surface area contributed by atoms with Crippen LogP contribution in [-0.2, 0) is 0 Å². The second-order valence-electron chi connectivity index (χ2n) is 4.32. The first-order valence-corrected chi connectivity index (χ1v) is 7.53. The lowest BCUT2D eigenvalue weighted by atomic mass is 10.1. The van der Waals surface area contributed by atoms with E-state index in [4.69, 9.17) is 15.2 Å². The summed E-state index contributed by atoms with van der Waals surface area (Å²) in [5.41, 5.74) is 6.33. The van der Waals surface area contributed by atoms with Crippen molar-refractivity contribution in [3.05, 3.63) is 41.2 Å². The molecule has 8 heteroatoms. The van der Waals surface area contributed by atoms with Gasteiger partial charge < -0.3 is 15.2 Å². The predicted octanol–water partition coefficient (Wildman–Crippen LogP) is 2.81. The highest BCUT2D eigenvalue weighted by Crippen LogP contribution is 2.37. The Kier molecular flexibility index (Phi) is 5.02. The number of anilines is 1. The molecule has 1 aromatic carbocycles. The SMILES string of the molecule is COc1cc(OC)nc(C(SC)c2cc(F)c(F)cc2N)n1. The zero-order chi connectivity index (χ0) is 16.3. The van der Waals surface area contributed by atoms with Crippen molar-refractivity contribution >= 4 is 17.4 Å². The average molecular weight is 327 g/mol. The van der Waals surface area contributed by atoms with Gasteiger partial charge in [-0.3, -0.25) is 0 Å². The number of rotatable bonds is 5. The van der Waals surface area contributed by atoms with E-state index < -0.39 is 16.9 Å². The fourth-order valence-corrected chi connectivity index (χ4v) is 2.70. The Balaban J connectivity index is 2.55. The van der Waals surface area contributed by atoms with Gasteiger partial charge in [0.25, 0.3) is 0 Å². The van der Waals surface area contributed by atoms with Crippen LogP contribution in [0.4, 0.5) is 14.5 Å². The molecular weight excluding hydrogens is 312 g/mol. The van der Waals surface area contributed by atoms with Crippen LogP contribution in [-0.4, -0.2) is 30.4 Å². The maximum Gasteiger partial charge on any atom is 0.220 e. The van der Waals surface area contributed by atoms with Crippen molar-refractivity contribution in [1.29, 1.82) is 0 Å². The number of hydrogen-bond acceptors (Lipinski definition) is 6. The van der Waals surface area contributed by atoms with Crippen LogP contribution in [0.3, 0.4) is 0 Å². The third kappa shape index (κ3) is 3.22. The molecule has 0 spiro atoms. The molecule has 0 fully saturated rings. The summed E-state index contributed by atoms with van der Waals surface area (Å²) < 4.78 is 37.0. The second-order valence-corrected chi connectivity index (χ2v) is 5.26. The molecule has 0 saturated heterocycles. The molecule has 118 valence electrons. The molecule has 5 nitrogen and oxygen atoms in total. The van der Waals surface area contributed by atoms with E-state index in [2.05, 4.69) is 9.97 Å². The molecule has 1 unspecified atom stereocenters. The normalized spacial score (nSPS) is 12.0. The van der Waals surface area contributed by atoms with Gasteiger partial charge in [-0.25, -0.2) is 8.78 Å². The summed E-state index contributed by atoms with van der Waals surface area (Å²) in [6.45, 7) is 0. The second kappa shape index (κ2) is 6.78. The lowest BCUT2D eigenvalue weighted by molar-refractivity contribution is 0.368. The Morgan fingerprint density at radius 3 is 2.09 bits per heavy atom. The molecule has 0 amide bonds. The minimum absolute atomic E-state index is 0.128. The van der Waals surface area contributed by atoms with Crippen molar-refractivity contribution in [3.63, 3.8) is 0 Å². The zero-order valence-corrected chi connectivity index (χ0v) is 13.1. The molecular formula is C14H15F2N3O2S. The Morgan fingerprint density at radius 2 is 1.59 bits per heavy atom. The summed E-state index contributed by atoms with van der Waals surface area (Å²) >= 11 is 1.34. The number of hydrogen-bond donors (Lipinski definition) is 1. The number of nitrogens with zero attached hydrogens (tertiary/aromatic N) is 2. The van der Waals surface area contributed by atoms with Gasteiger partial charge in [0.05, 0.1) is 25.5 Å². The van der Waals surface area contributed by atoms with Gasteiger partial charge in [0, 0.05) is 11.8 Å². The minimum Gasteiger partial charge on any atom is -0.481 e. The van der Waals surface area contributed by atoms with Crippen molar-refractivity contribution in [1.82, 2.24) is 9.97 Å². The molecule has 2 aromatic rings. The maximum absolute atomic E-state index is 13.5. The van der Waals surface area contributed by atoms with Crippen LogP contribution in [0.15, 0.2) is 18.2 Å². The number of ether oxygens (including phenoxy) is 2.